The normalized spacial score (nSPS) is 10.3. The Hall–Kier alpha value is -3.07. The first-order valence-electron chi connectivity index (χ1n) is 9.67. The van der Waals surface area contributed by atoms with Crippen LogP contribution in [0, 0.1) is 17.3 Å². The molecule has 0 spiro atoms. The summed E-state index contributed by atoms with van der Waals surface area (Å²) < 4.78 is 15.3. The van der Waals surface area contributed by atoms with Gasteiger partial charge in [0.1, 0.15) is 0 Å². The molecule has 0 aliphatic heterocycles. The number of carbonyl (C=O) groups is 3. The van der Waals surface area contributed by atoms with E-state index in [0.717, 1.165) is 0 Å². The first kappa shape index (κ1) is 24.0. The van der Waals surface area contributed by atoms with Crippen molar-refractivity contribution in [1.82, 2.24) is 0 Å². The second-order valence-corrected chi connectivity index (χ2v) is 6.10. The van der Waals surface area contributed by atoms with Gasteiger partial charge in [0.05, 0.1) is 25.4 Å². The number of benzene rings is 1. The number of hydrogen-bond donors (Lipinski definition) is 0. The molecule has 29 heavy (non-hydrogen) atoms. The number of ether oxygens (including phenoxy) is 3. The summed E-state index contributed by atoms with van der Waals surface area (Å²) in [5.41, 5.74) is -0.770. The van der Waals surface area contributed by atoms with Gasteiger partial charge in [-0.15, -0.1) is 6.58 Å². The average molecular weight is 400 g/mol. The Bertz CT molecular complexity index is 766. The summed E-state index contributed by atoms with van der Waals surface area (Å²) >= 11 is 0. The smallest absolute Gasteiger partial charge is 0.339 e. The third-order valence-corrected chi connectivity index (χ3v) is 4.14. The average Bonchev–Trinajstić information content (AvgIpc) is 2.71. The first-order valence-corrected chi connectivity index (χ1v) is 9.67. The molecule has 0 saturated carbocycles. The van der Waals surface area contributed by atoms with Crippen molar-refractivity contribution in [1.29, 1.82) is 0 Å². The van der Waals surface area contributed by atoms with Crippen LogP contribution in [0.5, 0.6) is 0 Å². The second-order valence-electron chi connectivity index (χ2n) is 6.10. The molecule has 0 aliphatic carbocycles. The SMILES string of the molecule is C=CCCC(CC#Cc1ccccc1C(=O)OCC)(C(=O)OCC)C(=O)OCC. The molecule has 0 fully saturated rings. The highest BCUT2D eigenvalue weighted by molar-refractivity contribution is 6.00. The molecule has 156 valence electrons. The van der Waals surface area contributed by atoms with E-state index in [1.807, 2.05) is 0 Å². The minimum atomic E-state index is -1.55. The minimum absolute atomic E-state index is 0.102. The fourth-order valence-electron chi connectivity index (χ4n) is 2.68. The molecule has 0 N–H and O–H groups in total. The lowest BCUT2D eigenvalue weighted by Gasteiger charge is -2.27. The van der Waals surface area contributed by atoms with E-state index in [2.05, 4.69) is 18.4 Å². The van der Waals surface area contributed by atoms with Gasteiger partial charge in [0.15, 0.2) is 5.41 Å². The molecule has 0 aliphatic rings. The van der Waals surface area contributed by atoms with Crippen LogP contribution in [0.25, 0.3) is 0 Å². The van der Waals surface area contributed by atoms with Crippen LogP contribution < -0.4 is 0 Å². The third-order valence-electron chi connectivity index (χ3n) is 4.14. The molecule has 0 saturated heterocycles. The van der Waals surface area contributed by atoms with Crippen LogP contribution in [-0.4, -0.2) is 37.7 Å². The second kappa shape index (κ2) is 12.4. The van der Waals surface area contributed by atoms with E-state index in [1.165, 1.54) is 0 Å². The molecule has 0 bridgehead atoms. The maximum absolute atomic E-state index is 12.7. The number of allylic oxidation sites excluding steroid dienone is 1. The Kier molecular flexibility index (Phi) is 10.2. The number of esters is 3. The van der Waals surface area contributed by atoms with E-state index in [9.17, 15) is 14.4 Å². The highest BCUT2D eigenvalue weighted by Gasteiger charge is 2.47. The van der Waals surface area contributed by atoms with E-state index >= 15 is 0 Å². The van der Waals surface area contributed by atoms with Crippen molar-refractivity contribution in [2.75, 3.05) is 19.8 Å². The summed E-state index contributed by atoms with van der Waals surface area (Å²) in [6.07, 6.45) is 2.10. The topological polar surface area (TPSA) is 78.9 Å². The fourth-order valence-corrected chi connectivity index (χ4v) is 2.68. The summed E-state index contributed by atoms with van der Waals surface area (Å²) in [6, 6.07) is 6.75. The lowest BCUT2D eigenvalue weighted by atomic mass is 9.80. The van der Waals surface area contributed by atoms with Crippen LogP contribution in [0.2, 0.25) is 0 Å². The van der Waals surface area contributed by atoms with Crippen LogP contribution in [0.3, 0.4) is 0 Å². The Morgan fingerprint density at radius 1 is 1.00 bits per heavy atom. The monoisotopic (exact) mass is 400 g/mol. The number of rotatable bonds is 10. The predicted molar refractivity (Wildman–Crippen MR) is 109 cm³/mol. The van der Waals surface area contributed by atoms with Crippen molar-refractivity contribution in [2.24, 2.45) is 5.41 Å². The fraction of sp³-hybridized carbons (Fsp3) is 0.435. The van der Waals surface area contributed by atoms with Crippen LogP contribution in [0.1, 0.15) is 56.0 Å². The molecule has 1 aromatic rings. The summed E-state index contributed by atoms with van der Waals surface area (Å²) in [4.78, 5) is 37.5. The van der Waals surface area contributed by atoms with Gasteiger partial charge in [-0.05, 0) is 45.7 Å². The first-order chi connectivity index (χ1) is 14.0. The van der Waals surface area contributed by atoms with E-state index in [4.69, 9.17) is 14.2 Å². The highest BCUT2D eigenvalue weighted by Crippen LogP contribution is 2.32. The number of carbonyl (C=O) groups excluding carboxylic acids is 3. The van der Waals surface area contributed by atoms with Crippen LogP contribution in [0.4, 0.5) is 0 Å². The molecule has 6 heteroatoms. The van der Waals surface area contributed by atoms with Crippen molar-refractivity contribution in [3.05, 3.63) is 48.0 Å². The summed E-state index contributed by atoms with van der Waals surface area (Å²) in [7, 11) is 0. The Morgan fingerprint density at radius 2 is 1.59 bits per heavy atom. The molecule has 0 aromatic heterocycles. The van der Waals surface area contributed by atoms with Crippen molar-refractivity contribution in [2.45, 2.75) is 40.0 Å². The van der Waals surface area contributed by atoms with E-state index in [1.54, 1.807) is 51.1 Å². The van der Waals surface area contributed by atoms with E-state index in [0.29, 0.717) is 17.5 Å². The molecule has 0 atom stereocenters. The van der Waals surface area contributed by atoms with Gasteiger partial charge in [-0.1, -0.05) is 30.0 Å². The Morgan fingerprint density at radius 3 is 2.14 bits per heavy atom. The molecule has 0 heterocycles. The zero-order valence-corrected chi connectivity index (χ0v) is 17.3. The standard InChI is InChI=1S/C23H28O6/c1-5-9-16-23(21(25)28-7-3,22(26)29-8-4)17-12-14-18-13-10-11-15-19(18)20(24)27-6-2/h5,10-11,13,15H,1,6-9,16-17H2,2-4H3. The molecular weight excluding hydrogens is 372 g/mol. The van der Waals surface area contributed by atoms with Gasteiger partial charge in [-0.3, -0.25) is 9.59 Å². The van der Waals surface area contributed by atoms with Gasteiger partial charge in [0, 0.05) is 12.0 Å². The molecule has 1 rings (SSSR count). The van der Waals surface area contributed by atoms with Crippen molar-refractivity contribution in [3.8, 4) is 11.8 Å². The molecule has 0 radical (unpaired) electrons. The van der Waals surface area contributed by atoms with Gasteiger partial charge in [0.2, 0.25) is 0 Å². The van der Waals surface area contributed by atoms with Crippen LogP contribution >= 0.6 is 0 Å². The van der Waals surface area contributed by atoms with E-state index in [-0.39, 0.29) is 32.7 Å². The van der Waals surface area contributed by atoms with Gasteiger partial charge in [0.25, 0.3) is 0 Å². The van der Waals surface area contributed by atoms with Crippen molar-refractivity contribution >= 4 is 17.9 Å². The van der Waals surface area contributed by atoms with Gasteiger partial charge in [-0.2, -0.15) is 0 Å². The zero-order valence-electron chi connectivity index (χ0n) is 17.3. The predicted octanol–water partition coefficient (Wildman–Crippen LogP) is 3.68. The van der Waals surface area contributed by atoms with Crippen molar-refractivity contribution < 1.29 is 28.6 Å². The van der Waals surface area contributed by atoms with Gasteiger partial charge in [-0.25, -0.2) is 4.79 Å². The van der Waals surface area contributed by atoms with Crippen LogP contribution in [0.15, 0.2) is 36.9 Å². The minimum Gasteiger partial charge on any atom is -0.465 e. The van der Waals surface area contributed by atoms with Crippen molar-refractivity contribution in [3.63, 3.8) is 0 Å². The lowest BCUT2D eigenvalue weighted by molar-refractivity contribution is -0.172. The highest BCUT2D eigenvalue weighted by atomic mass is 16.6. The lowest BCUT2D eigenvalue weighted by Crippen LogP contribution is -2.42. The zero-order chi connectivity index (χ0) is 21.7. The maximum atomic E-state index is 12.7. The molecular formula is C23H28O6. The molecule has 6 nitrogen and oxygen atoms in total. The summed E-state index contributed by atoms with van der Waals surface area (Å²) in [6.45, 7) is 9.23. The van der Waals surface area contributed by atoms with Gasteiger partial charge >= 0.3 is 17.9 Å². The Labute approximate surface area is 172 Å². The quantitative estimate of drug-likeness (QED) is 0.196. The maximum Gasteiger partial charge on any atom is 0.339 e. The molecule has 1 aromatic carbocycles. The van der Waals surface area contributed by atoms with Gasteiger partial charge < -0.3 is 14.2 Å². The third kappa shape index (κ3) is 6.49. The molecule has 0 unspecified atom stereocenters. The largest absolute Gasteiger partial charge is 0.465 e. The van der Waals surface area contributed by atoms with E-state index < -0.39 is 23.3 Å². The van der Waals surface area contributed by atoms with Crippen LogP contribution in [-0.2, 0) is 23.8 Å². The Balaban J connectivity index is 3.29. The summed E-state index contributed by atoms with van der Waals surface area (Å²) in [5, 5.41) is 0. The number of hydrogen-bond acceptors (Lipinski definition) is 6. The summed E-state index contributed by atoms with van der Waals surface area (Å²) in [5.74, 6) is 3.93. The molecule has 0 amide bonds.